The topological polar surface area (TPSA) is 55.6 Å². The molecule has 0 fully saturated rings. The van der Waals surface area contributed by atoms with Gasteiger partial charge >= 0.3 is 5.97 Å². The summed E-state index contributed by atoms with van der Waals surface area (Å²) in [4.78, 5) is 16.5. The lowest BCUT2D eigenvalue weighted by Gasteiger charge is -2.10. The Bertz CT molecular complexity index is 869. The largest absolute Gasteiger partial charge is 0.465 e. The van der Waals surface area contributed by atoms with Crippen molar-refractivity contribution >= 4 is 17.4 Å². The van der Waals surface area contributed by atoms with E-state index < -0.39 is 0 Å². The molecule has 3 aromatic rings. The number of carbonyl (C=O) groups excluding carboxylic acids is 1. The lowest BCUT2D eigenvalue weighted by molar-refractivity contribution is 0.0600. The number of anilines is 1. The van der Waals surface area contributed by atoms with Crippen molar-refractivity contribution in [3.05, 3.63) is 65.5 Å². The molecule has 0 saturated carbocycles. The highest BCUT2D eigenvalue weighted by atomic mass is 16.5. The lowest BCUT2D eigenvalue weighted by atomic mass is 10.1. The van der Waals surface area contributed by atoms with Gasteiger partial charge in [0.25, 0.3) is 0 Å². The maximum atomic E-state index is 11.8. The Labute approximate surface area is 147 Å². The van der Waals surface area contributed by atoms with Crippen molar-refractivity contribution in [1.29, 1.82) is 0 Å². The minimum absolute atomic E-state index is 0.352. The molecule has 0 spiro atoms. The summed E-state index contributed by atoms with van der Waals surface area (Å²) in [6.07, 6.45) is 2.73. The van der Waals surface area contributed by atoms with Gasteiger partial charge in [-0.25, -0.2) is 9.78 Å². The Morgan fingerprint density at radius 2 is 2.00 bits per heavy atom. The van der Waals surface area contributed by atoms with Gasteiger partial charge in [0, 0.05) is 12.7 Å². The first-order valence-electron chi connectivity index (χ1n) is 8.45. The highest BCUT2D eigenvalue weighted by molar-refractivity contribution is 5.90. The fourth-order valence-corrected chi connectivity index (χ4v) is 2.84. The van der Waals surface area contributed by atoms with Gasteiger partial charge in [-0.2, -0.15) is 0 Å². The van der Waals surface area contributed by atoms with E-state index in [0.29, 0.717) is 11.5 Å². The molecule has 130 valence electrons. The Balaban J connectivity index is 1.96. The molecular formula is C20H23N3O2. The van der Waals surface area contributed by atoms with E-state index in [1.165, 1.54) is 12.7 Å². The van der Waals surface area contributed by atoms with E-state index >= 15 is 0 Å². The van der Waals surface area contributed by atoms with E-state index in [2.05, 4.69) is 31.3 Å². The summed E-state index contributed by atoms with van der Waals surface area (Å²) in [7, 11) is 1.38. The van der Waals surface area contributed by atoms with Crippen LogP contribution >= 0.6 is 0 Å². The SMILES string of the molecule is COC(=O)c1ccn2c(NCc3ccccc3)c(CC(C)C)nc2c1. The van der Waals surface area contributed by atoms with Crippen molar-refractivity contribution in [1.82, 2.24) is 9.38 Å². The third-order valence-corrected chi connectivity index (χ3v) is 4.02. The number of methoxy groups -OCH3 is 1. The highest BCUT2D eigenvalue weighted by Crippen LogP contribution is 2.23. The standard InChI is InChI=1S/C20H23N3O2/c1-14(2)11-17-19(21-13-15-7-5-4-6-8-15)23-10-9-16(20(24)25-3)12-18(23)22-17/h4-10,12,14,21H,11,13H2,1-3H3. The molecule has 3 rings (SSSR count). The molecule has 0 radical (unpaired) electrons. The number of carbonyl (C=O) groups is 1. The number of benzene rings is 1. The first kappa shape index (κ1) is 17.0. The molecule has 1 N–H and O–H groups in total. The Morgan fingerprint density at radius 1 is 1.24 bits per heavy atom. The molecule has 0 amide bonds. The second-order valence-electron chi connectivity index (χ2n) is 6.48. The molecular weight excluding hydrogens is 314 g/mol. The van der Waals surface area contributed by atoms with Gasteiger partial charge < -0.3 is 10.1 Å². The van der Waals surface area contributed by atoms with Crippen LogP contribution in [-0.2, 0) is 17.7 Å². The van der Waals surface area contributed by atoms with E-state index in [9.17, 15) is 4.79 Å². The van der Waals surface area contributed by atoms with Gasteiger partial charge in [-0.15, -0.1) is 0 Å². The van der Waals surface area contributed by atoms with Gasteiger partial charge in [-0.05, 0) is 30.0 Å². The number of fused-ring (bicyclic) bond motifs is 1. The molecule has 1 aromatic carbocycles. The summed E-state index contributed by atoms with van der Waals surface area (Å²) in [5.74, 6) is 1.11. The Kier molecular flexibility index (Phi) is 5.03. The molecule has 0 atom stereocenters. The first-order chi connectivity index (χ1) is 12.1. The minimum Gasteiger partial charge on any atom is -0.465 e. The van der Waals surface area contributed by atoms with E-state index in [1.54, 1.807) is 12.1 Å². The van der Waals surface area contributed by atoms with Gasteiger partial charge in [0.2, 0.25) is 0 Å². The van der Waals surface area contributed by atoms with Crippen LogP contribution < -0.4 is 5.32 Å². The number of rotatable bonds is 6. The van der Waals surface area contributed by atoms with Crippen molar-refractivity contribution in [2.24, 2.45) is 5.92 Å². The number of ether oxygens (including phenoxy) is 1. The van der Waals surface area contributed by atoms with Crippen molar-refractivity contribution in [2.75, 3.05) is 12.4 Å². The molecule has 5 nitrogen and oxygen atoms in total. The van der Waals surface area contributed by atoms with Crippen LogP contribution in [-0.4, -0.2) is 22.5 Å². The van der Waals surface area contributed by atoms with Crippen LogP contribution in [0.3, 0.4) is 0 Å². The Morgan fingerprint density at radius 3 is 2.68 bits per heavy atom. The van der Waals surface area contributed by atoms with Gasteiger partial charge in [0.05, 0.1) is 18.4 Å². The average molecular weight is 337 g/mol. The minimum atomic E-state index is -0.352. The number of pyridine rings is 1. The number of esters is 1. The van der Waals surface area contributed by atoms with E-state index in [1.807, 2.05) is 28.8 Å². The van der Waals surface area contributed by atoms with Crippen molar-refractivity contribution in [2.45, 2.75) is 26.8 Å². The molecule has 0 saturated heterocycles. The molecule has 25 heavy (non-hydrogen) atoms. The summed E-state index contributed by atoms with van der Waals surface area (Å²) in [6.45, 7) is 5.06. The monoisotopic (exact) mass is 337 g/mol. The van der Waals surface area contributed by atoms with Crippen LogP contribution in [0.4, 0.5) is 5.82 Å². The summed E-state index contributed by atoms with van der Waals surface area (Å²) in [6, 6.07) is 13.8. The number of imidazole rings is 1. The molecule has 0 bridgehead atoms. The summed E-state index contributed by atoms with van der Waals surface area (Å²) in [5, 5.41) is 3.50. The van der Waals surface area contributed by atoms with Crippen LogP contribution in [0.2, 0.25) is 0 Å². The molecule has 2 heterocycles. The number of nitrogens with zero attached hydrogens (tertiary/aromatic N) is 2. The normalized spacial score (nSPS) is 11.0. The summed E-state index contributed by atoms with van der Waals surface area (Å²) >= 11 is 0. The van der Waals surface area contributed by atoms with Crippen molar-refractivity contribution < 1.29 is 9.53 Å². The van der Waals surface area contributed by atoms with Gasteiger partial charge in [0.15, 0.2) is 0 Å². The molecule has 2 aromatic heterocycles. The predicted octanol–water partition coefficient (Wildman–Crippen LogP) is 3.93. The maximum Gasteiger partial charge on any atom is 0.338 e. The van der Waals surface area contributed by atoms with Gasteiger partial charge in [-0.1, -0.05) is 44.2 Å². The third-order valence-electron chi connectivity index (χ3n) is 4.02. The van der Waals surface area contributed by atoms with Crippen LogP contribution in [0.5, 0.6) is 0 Å². The van der Waals surface area contributed by atoms with Crippen molar-refractivity contribution in [3.8, 4) is 0 Å². The zero-order valence-corrected chi connectivity index (χ0v) is 14.8. The highest BCUT2D eigenvalue weighted by Gasteiger charge is 2.15. The third kappa shape index (κ3) is 3.82. The quantitative estimate of drug-likeness (QED) is 0.693. The predicted molar refractivity (Wildman–Crippen MR) is 98.8 cm³/mol. The first-order valence-corrected chi connectivity index (χ1v) is 8.45. The maximum absolute atomic E-state index is 11.8. The van der Waals surface area contributed by atoms with Crippen molar-refractivity contribution in [3.63, 3.8) is 0 Å². The number of aromatic nitrogens is 2. The van der Waals surface area contributed by atoms with Crippen LogP contribution in [0.1, 0.15) is 35.5 Å². The van der Waals surface area contributed by atoms with E-state index in [-0.39, 0.29) is 5.97 Å². The van der Waals surface area contributed by atoms with Crippen LogP contribution in [0.25, 0.3) is 5.65 Å². The second-order valence-corrected chi connectivity index (χ2v) is 6.48. The van der Waals surface area contributed by atoms with Crippen LogP contribution in [0, 0.1) is 5.92 Å². The fourth-order valence-electron chi connectivity index (χ4n) is 2.84. The lowest BCUT2D eigenvalue weighted by Crippen LogP contribution is -2.06. The number of nitrogens with one attached hydrogen (secondary N) is 1. The molecule has 0 aliphatic carbocycles. The zero-order chi connectivity index (χ0) is 17.8. The number of hydrogen-bond donors (Lipinski definition) is 1. The molecule has 0 aliphatic rings. The van der Waals surface area contributed by atoms with E-state index in [4.69, 9.17) is 9.72 Å². The zero-order valence-electron chi connectivity index (χ0n) is 14.8. The summed E-state index contributed by atoms with van der Waals surface area (Å²) in [5.41, 5.74) is 3.46. The summed E-state index contributed by atoms with van der Waals surface area (Å²) < 4.78 is 6.79. The smallest absolute Gasteiger partial charge is 0.338 e. The van der Waals surface area contributed by atoms with Gasteiger partial charge in [0.1, 0.15) is 11.5 Å². The molecule has 0 unspecified atom stereocenters. The second kappa shape index (κ2) is 7.38. The van der Waals surface area contributed by atoms with E-state index in [0.717, 1.165) is 30.1 Å². The average Bonchev–Trinajstić information content (AvgIpc) is 2.95. The molecule has 5 heteroatoms. The fraction of sp³-hybridized carbons (Fsp3) is 0.300. The van der Waals surface area contributed by atoms with Crippen LogP contribution in [0.15, 0.2) is 48.7 Å². The Hall–Kier alpha value is -2.82. The van der Waals surface area contributed by atoms with Gasteiger partial charge in [-0.3, -0.25) is 4.40 Å². The number of hydrogen-bond acceptors (Lipinski definition) is 4. The molecule has 0 aliphatic heterocycles.